The molecule has 3 aromatic carbocycles. The lowest BCUT2D eigenvalue weighted by Crippen LogP contribution is -2.53. The highest BCUT2D eigenvalue weighted by atomic mass is 35.5. The van der Waals surface area contributed by atoms with Crippen molar-refractivity contribution in [2.24, 2.45) is 0 Å². The predicted molar refractivity (Wildman–Crippen MR) is 159 cm³/mol. The lowest BCUT2D eigenvalue weighted by Gasteiger charge is -2.33. The average Bonchev–Trinajstić information content (AvgIpc) is 3.45. The molecule has 1 N–H and O–H groups in total. The Kier molecular flexibility index (Phi) is 10.0. The highest BCUT2D eigenvalue weighted by Gasteiger charge is 2.34. The molecule has 0 aromatic heterocycles. The number of carbonyl (C=O) groups is 2. The van der Waals surface area contributed by atoms with Gasteiger partial charge >= 0.3 is 0 Å². The number of benzene rings is 3. The highest BCUT2D eigenvalue weighted by Crippen LogP contribution is 2.27. The van der Waals surface area contributed by atoms with E-state index in [1.54, 1.807) is 42.5 Å². The maximum atomic E-state index is 14.1. The van der Waals surface area contributed by atoms with E-state index in [1.165, 1.54) is 35.2 Å². The first-order valence-corrected chi connectivity index (χ1v) is 15.6. The third-order valence-corrected chi connectivity index (χ3v) is 9.36. The van der Waals surface area contributed by atoms with Crippen LogP contribution in [0.15, 0.2) is 77.7 Å². The number of hydrogen-bond donors (Lipinski definition) is 1. The fourth-order valence-corrected chi connectivity index (χ4v) is 6.66. The Morgan fingerprint density at radius 1 is 1.02 bits per heavy atom. The van der Waals surface area contributed by atoms with E-state index in [0.29, 0.717) is 17.0 Å². The first kappa shape index (κ1) is 30.5. The number of aryl methyl sites for hydroxylation is 1. The van der Waals surface area contributed by atoms with Gasteiger partial charge in [-0.2, -0.15) is 0 Å². The Balaban J connectivity index is 1.71. The molecule has 7 nitrogen and oxygen atoms in total. The van der Waals surface area contributed by atoms with E-state index in [-0.39, 0.29) is 29.1 Å². The van der Waals surface area contributed by atoms with Gasteiger partial charge in [0.05, 0.1) is 10.6 Å². The minimum absolute atomic E-state index is 0.00364. The molecule has 1 atom stereocenters. The summed E-state index contributed by atoms with van der Waals surface area (Å²) in [6.45, 7) is 3.10. The minimum atomic E-state index is -4.19. The summed E-state index contributed by atoms with van der Waals surface area (Å²) in [6.07, 6.45) is 4.14. The van der Waals surface area contributed by atoms with E-state index in [9.17, 15) is 22.4 Å². The van der Waals surface area contributed by atoms with Crippen molar-refractivity contribution in [3.63, 3.8) is 0 Å². The Hall–Kier alpha value is -3.43. The highest BCUT2D eigenvalue weighted by molar-refractivity contribution is 7.92. The number of amides is 2. The fraction of sp³-hybridized carbons (Fsp3) is 0.355. The molecular formula is C31H35ClFN3O4S. The fourth-order valence-electron chi connectivity index (χ4n) is 5.07. The molecule has 0 bridgehead atoms. The van der Waals surface area contributed by atoms with Crippen molar-refractivity contribution >= 4 is 39.1 Å². The quantitative estimate of drug-likeness (QED) is 0.300. The molecule has 2 amide bonds. The SMILES string of the molecule is CC[C@@H](C(=O)NC1CCCC1)N(Cc1ccc(F)cc1)C(=O)CN(c1cccc(Cl)c1)S(=O)(=O)c1ccc(C)cc1. The number of halogens is 2. The van der Waals surface area contributed by atoms with Gasteiger partial charge in [-0.1, -0.05) is 67.3 Å². The molecule has 41 heavy (non-hydrogen) atoms. The standard InChI is InChI=1S/C31H35ClFN3O4S/c1-3-29(31(38)34-26-8-4-5-9-26)35(20-23-13-15-25(33)16-14-23)30(37)21-36(27-10-6-7-24(32)19-27)41(39,40)28-17-11-22(2)12-18-28/h6-7,10-19,26,29H,3-5,8-9,20-21H2,1-2H3,(H,34,38)/t29-/m0/s1. The van der Waals surface area contributed by atoms with E-state index in [4.69, 9.17) is 11.6 Å². The van der Waals surface area contributed by atoms with Gasteiger partial charge in [0, 0.05) is 17.6 Å². The van der Waals surface area contributed by atoms with Crippen molar-refractivity contribution in [1.29, 1.82) is 0 Å². The van der Waals surface area contributed by atoms with Crippen LogP contribution in [0.5, 0.6) is 0 Å². The van der Waals surface area contributed by atoms with Crippen LogP contribution >= 0.6 is 11.6 Å². The largest absolute Gasteiger partial charge is 0.352 e. The molecule has 1 fully saturated rings. The molecule has 0 saturated heterocycles. The van der Waals surface area contributed by atoms with E-state index in [0.717, 1.165) is 35.6 Å². The predicted octanol–water partition coefficient (Wildman–Crippen LogP) is 5.85. The van der Waals surface area contributed by atoms with Crippen molar-refractivity contribution < 1.29 is 22.4 Å². The van der Waals surface area contributed by atoms with Gasteiger partial charge in [-0.25, -0.2) is 12.8 Å². The molecule has 0 radical (unpaired) electrons. The number of rotatable bonds is 11. The van der Waals surface area contributed by atoms with Crippen LogP contribution in [0.25, 0.3) is 0 Å². The maximum absolute atomic E-state index is 14.1. The lowest BCUT2D eigenvalue weighted by molar-refractivity contribution is -0.140. The van der Waals surface area contributed by atoms with E-state index in [1.807, 2.05) is 13.8 Å². The van der Waals surface area contributed by atoms with Crippen molar-refractivity contribution in [1.82, 2.24) is 10.2 Å². The molecule has 10 heteroatoms. The van der Waals surface area contributed by atoms with E-state index in [2.05, 4.69) is 5.32 Å². The monoisotopic (exact) mass is 599 g/mol. The minimum Gasteiger partial charge on any atom is -0.352 e. The van der Waals surface area contributed by atoms with Crippen molar-refractivity contribution in [2.75, 3.05) is 10.8 Å². The summed E-state index contributed by atoms with van der Waals surface area (Å²) in [7, 11) is -4.19. The zero-order chi connectivity index (χ0) is 29.6. The second-order valence-electron chi connectivity index (χ2n) is 10.4. The first-order chi connectivity index (χ1) is 19.6. The van der Waals surface area contributed by atoms with Gasteiger partial charge < -0.3 is 10.2 Å². The number of sulfonamides is 1. The maximum Gasteiger partial charge on any atom is 0.264 e. The van der Waals surface area contributed by atoms with Crippen LogP contribution in [0.3, 0.4) is 0 Å². The van der Waals surface area contributed by atoms with E-state index >= 15 is 0 Å². The van der Waals surface area contributed by atoms with Gasteiger partial charge in [-0.3, -0.25) is 13.9 Å². The topological polar surface area (TPSA) is 86.8 Å². The van der Waals surface area contributed by atoms with Crippen LogP contribution in [0.2, 0.25) is 5.02 Å². The van der Waals surface area contributed by atoms with Gasteiger partial charge in [0.2, 0.25) is 11.8 Å². The molecule has 0 aliphatic heterocycles. The summed E-state index contributed by atoms with van der Waals surface area (Å²) in [5, 5.41) is 3.38. The zero-order valence-electron chi connectivity index (χ0n) is 23.2. The summed E-state index contributed by atoms with van der Waals surface area (Å²) < 4.78 is 42.5. The van der Waals surface area contributed by atoms with Gasteiger partial charge in [0.1, 0.15) is 18.4 Å². The van der Waals surface area contributed by atoms with Crippen LogP contribution in [-0.2, 0) is 26.2 Å². The summed E-state index contributed by atoms with van der Waals surface area (Å²) in [5.74, 6) is -1.28. The molecule has 3 aromatic rings. The molecular weight excluding hydrogens is 565 g/mol. The normalized spacial score (nSPS) is 14.4. The van der Waals surface area contributed by atoms with Crippen LogP contribution < -0.4 is 9.62 Å². The third kappa shape index (κ3) is 7.65. The van der Waals surface area contributed by atoms with Gasteiger partial charge in [0.15, 0.2) is 0 Å². The smallest absolute Gasteiger partial charge is 0.264 e. The van der Waals surface area contributed by atoms with Crippen LogP contribution in [-0.4, -0.2) is 43.8 Å². The second kappa shape index (κ2) is 13.5. The molecule has 218 valence electrons. The molecule has 0 heterocycles. The molecule has 1 aliphatic carbocycles. The molecule has 1 saturated carbocycles. The Labute approximate surface area is 246 Å². The number of nitrogens with one attached hydrogen (secondary N) is 1. The Morgan fingerprint density at radius 3 is 2.29 bits per heavy atom. The summed E-state index contributed by atoms with van der Waals surface area (Å²) in [6, 6.07) is 17.5. The Bertz CT molecular complexity index is 1460. The van der Waals surface area contributed by atoms with Gasteiger partial charge in [-0.15, -0.1) is 0 Å². The van der Waals surface area contributed by atoms with E-state index < -0.39 is 34.3 Å². The van der Waals surface area contributed by atoms with Crippen molar-refractivity contribution in [2.45, 2.75) is 69.5 Å². The molecule has 0 spiro atoms. The Morgan fingerprint density at radius 2 is 1.68 bits per heavy atom. The third-order valence-electron chi connectivity index (χ3n) is 7.34. The van der Waals surface area contributed by atoms with Crippen LogP contribution in [0.1, 0.15) is 50.2 Å². The lowest BCUT2D eigenvalue weighted by atomic mass is 10.1. The number of hydrogen-bond acceptors (Lipinski definition) is 4. The molecule has 0 unspecified atom stereocenters. The van der Waals surface area contributed by atoms with Crippen molar-refractivity contribution in [3.05, 3.63) is 94.8 Å². The van der Waals surface area contributed by atoms with Gasteiger partial charge in [-0.05, 0) is 74.2 Å². The summed E-state index contributed by atoms with van der Waals surface area (Å²) in [5.41, 5.74) is 1.72. The number of nitrogens with zero attached hydrogens (tertiary/aromatic N) is 2. The van der Waals surface area contributed by atoms with Gasteiger partial charge in [0.25, 0.3) is 10.0 Å². The second-order valence-corrected chi connectivity index (χ2v) is 12.7. The molecule has 4 rings (SSSR count). The van der Waals surface area contributed by atoms with Crippen molar-refractivity contribution in [3.8, 4) is 0 Å². The summed E-state index contributed by atoms with van der Waals surface area (Å²) >= 11 is 6.22. The first-order valence-electron chi connectivity index (χ1n) is 13.8. The number of carbonyl (C=O) groups excluding carboxylic acids is 2. The molecule has 1 aliphatic rings. The van der Waals surface area contributed by atoms with Crippen LogP contribution in [0.4, 0.5) is 10.1 Å². The average molecular weight is 600 g/mol. The number of anilines is 1. The van der Waals surface area contributed by atoms with Crippen LogP contribution in [0, 0.1) is 12.7 Å². The zero-order valence-corrected chi connectivity index (χ0v) is 24.8. The summed E-state index contributed by atoms with van der Waals surface area (Å²) in [4.78, 5) is 29.0.